The highest BCUT2D eigenvalue weighted by Gasteiger charge is 2.04. The molecule has 0 fully saturated rings. The third-order valence-corrected chi connectivity index (χ3v) is 3.16. The third-order valence-electron chi connectivity index (χ3n) is 3.16. The van der Waals surface area contributed by atoms with E-state index in [1.165, 1.54) is 27.8 Å². The molecular weight excluding hydrogens is 192 g/mol. The molecule has 1 aromatic carbocycles. The average Bonchev–Trinajstić information content (AvgIpc) is 2.30. The van der Waals surface area contributed by atoms with Crippen molar-refractivity contribution in [3.05, 3.63) is 64.8 Å². The molecule has 0 saturated heterocycles. The van der Waals surface area contributed by atoms with Crippen molar-refractivity contribution >= 4 is 5.57 Å². The Hall–Kier alpha value is -1.56. The van der Waals surface area contributed by atoms with Gasteiger partial charge in [0.25, 0.3) is 0 Å². The fourth-order valence-electron chi connectivity index (χ4n) is 1.91. The van der Waals surface area contributed by atoms with Crippen LogP contribution in [0.25, 0.3) is 5.57 Å². The predicted molar refractivity (Wildman–Crippen MR) is 71.3 cm³/mol. The first-order chi connectivity index (χ1) is 7.66. The van der Waals surface area contributed by atoms with Crippen molar-refractivity contribution in [2.24, 2.45) is 0 Å². The highest BCUT2D eigenvalue weighted by atomic mass is 14.1. The first-order valence-corrected chi connectivity index (χ1v) is 5.78. The van der Waals surface area contributed by atoms with Gasteiger partial charge in [-0.25, -0.2) is 0 Å². The molecule has 82 valence electrons. The first-order valence-electron chi connectivity index (χ1n) is 5.78. The van der Waals surface area contributed by atoms with E-state index in [1.807, 2.05) is 0 Å². The van der Waals surface area contributed by atoms with Crippen molar-refractivity contribution < 1.29 is 0 Å². The summed E-state index contributed by atoms with van der Waals surface area (Å²) in [4.78, 5) is 0. The van der Waals surface area contributed by atoms with Gasteiger partial charge in [0.15, 0.2) is 0 Å². The molecule has 1 aliphatic carbocycles. The molecule has 0 heterocycles. The molecule has 2 rings (SSSR count). The monoisotopic (exact) mass is 210 g/mol. The van der Waals surface area contributed by atoms with Gasteiger partial charge >= 0.3 is 0 Å². The van der Waals surface area contributed by atoms with Gasteiger partial charge in [-0.3, -0.25) is 0 Å². The van der Waals surface area contributed by atoms with E-state index in [2.05, 4.69) is 63.3 Å². The molecule has 0 unspecified atom stereocenters. The Morgan fingerprint density at radius 3 is 2.25 bits per heavy atom. The second-order valence-corrected chi connectivity index (χ2v) is 4.50. The summed E-state index contributed by atoms with van der Waals surface area (Å²) in [6, 6.07) is 8.76. The molecule has 0 amide bonds. The summed E-state index contributed by atoms with van der Waals surface area (Å²) in [5.41, 5.74) is 6.82. The van der Waals surface area contributed by atoms with Crippen LogP contribution in [0.5, 0.6) is 0 Å². The van der Waals surface area contributed by atoms with E-state index in [0.29, 0.717) is 0 Å². The predicted octanol–water partition coefficient (Wildman–Crippen LogP) is 4.67. The largest absolute Gasteiger partial charge is 0.0772 e. The van der Waals surface area contributed by atoms with Gasteiger partial charge in [-0.15, -0.1) is 0 Å². The maximum absolute atomic E-state index is 2.28. The molecule has 0 spiro atoms. The van der Waals surface area contributed by atoms with E-state index in [-0.39, 0.29) is 0 Å². The Morgan fingerprint density at radius 1 is 1.00 bits per heavy atom. The molecule has 0 N–H and O–H groups in total. The maximum Gasteiger partial charge on any atom is -0.00889 e. The zero-order valence-corrected chi connectivity index (χ0v) is 10.2. The van der Waals surface area contributed by atoms with Crippen molar-refractivity contribution in [1.82, 2.24) is 0 Å². The van der Waals surface area contributed by atoms with E-state index in [0.717, 1.165) is 6.42 Å². The zero-order chi connectivity index (χ0) is 11.5. The highest BCUT2D eigenvalue weighted by Crippen LogP contribution is 2.25. The highest BCUT2D eigenvalue weighted by molar-refractivity contribution is 5.70. The third kappa shape index (κ3) is 2.33. The molecule has 0 atom stereocenters. The second kappa shape index (κ2) is 4.52. The van der Waals surface area contributed by atoms with Gasteiger partial charge in [-0.2, -0.15) is 0 Å². The van der Waals surface area contributed by atoms with Gasteiger partial charge in [0.2, 0.25) is 0 Å². The topological polar surface area (TPSA) is 0 Å². The molecule has 16 heavy (non-hydrogen) atoms. The molecule has 0 heteroatoms. The lowest BCUT2D eigenvalue weighted by Crippen LogP contribution is -1.90. The number of allylic oxidation sites excluding steroid dienone is 6. The van der Waals surface area contributed by atoms with Crippen LogP contribution >= 0.6 is 0 Å². The van der Waals surface area contributed by atoms with Crippen LogP contribution in [0.1, 0.15) is 31.4 Å². The lowest BCUT2D eigenvalue weighted by atomic mass is 9.94. The molecule has 1 aromatic rings. The summed E-state index contributed by atoms with van der Waals surface area (Å²) in [6.07, 6.45) is 7.77. The van der Waals surface area contributed by atoms with Crippen molar-refractivity contribution in [1.29, 1.82) is 0 Å². The van der Waals surface area contributed by atoms with Crippen LogP contribution in [0.4, 0.5) is 0 Å². The van der Waals surface area contributed by atoms with Gasteiger partial charge in [0.05, 0.1) is 0 Å². The SMILES string of the molecule is CC1=CC/C(=C(\C)c2ccc(C)cc2)C=C1. The molecule has 0 aromatic heterocycles. The molecule has 1 aliphatic rings. The quantitative estimate of drug-likeness (QED) is 0.631. The van der Waals surface area contributed by atoms with Crippen LogP contribution in [0.3, 0.4) is 0 Å². The summed E-state index contributed by atoms with van der Waals surface area (Å²) in [7, 11) is 0. The van der Waals surface area contributed by atoms with Gasteiger partial charge in [-0.05, 0) is 43.9 Å². The Balaban J connectivity index is 2.32. The van der Waals surface area contributed by atoms with Crippen LogP contribution < -0.4 is 0 Å². The number of aryl methyl sites for hydroxylation is 1. The lowest BCUT2D eigenvalue weighted by Gasteiger charge is -2.11. The maximum atomic E-state index is 2.28. The first kappa shape index (κ1) is 10.9. The summed E-state index contributed by atoms with van der Waals surface area (Å²) in [5, 5.41) is 0. The minimum atomic E-state index is 1.06. The molecule has 0 saturated carbocycles. The molecule has 0 aliphatic heterocycles. The second-order valence-electron chi connectivity index (χ2n) is 4.50. The Morgan fingerprint density at radius 2 is 1.69 bits per heavy atom. The van der Waals surface area contributed by atoms with Crippen molar-refractivity contribution in [2.45, 2.75) is 27.2 Å². The average molecular weight is 210 g/mol. The van der Waals surface area contributed by atoms with E-state index < -0.39 is 0 Å². The normalized spacial score (nSPS) is 18.3. The minimum Gasteiger partial charge on any atom is -0.0772 e. The Kier molecular flexibility index (Phi) is 3.09. The molecular formula is C16H18. The number of rotatable bonds is 1. The zero-order valence-electron chi connectivity index (χ0n) is 10.2. The van der Waals surface area contributed by atoms with Crippen LogP contribution in [-0.4, -0.2) is 0 Å². The fourth-order valence-corrected chi connectivity index (χ4v) is 1.91. The summed E-state index contributed by atoms with van der Waals surface area (Å²) in [6.45, 7) is 6.48. The summed E-state index contributed by atoms with van der Waals surface area (Å²) in [5.74, 6) is 0. The number of benzene rings is 1. The van der Waals surface area contributed by atoms with Gasteiger partial charge in [0.1, 0.15) is 0 Å². The lowest BCUT2D eigenvalue weighted by molar-refractivity contribution is 1.21. The van der Waals surface area contributed by atoms with Crippen LogP contribution in [0.15, 0.2) is 53.6 Å². The molecule has 0 radical (unpaired) electrons. The van der Waals surface area contributed by atoms with Crippen LogP contribution in [0.2, 0.25) is 0 Å². The molecule has 0 bridgehead atoms. The van der Waals surface area contributed by atoms with Crippen LogP contribution in [-0.2, 0) is 0 Å². The standard InChI is InChI=1S/C16H18/c1-12-4-8-15(9-5-12)14(3)16-10-6-13(2)7-11-16/h4-10H,11H2,1-3H3/b16-14+. The van der Waals surface area contributed by atoms with E-state index in [9.17, 15) is 0 Å². The van der Waals surface area contributed by atoms with Gasteiger partial charge < -0.3 is 0 Å². The van der Waals surface area contributed by atoms with Gasteiger partial charge in [0, 0.05) is 0 Å². The molecule has 0 nitrogen and oxygen atoms in total. The van der Waals surface area contributed by atoms with E-state index in [1.54, 1.807) is 0 Å². The number of hydrogen-bond donors (Lipinski definition) is 0. The van der Waals surface area contributed by atoms with Crippen molar-refractivity contribution in [3.8, 4) is 0 Å². The number of hydrogen-bond acceptors (Lipinski definition) is 0. The fraction of sp³-hybridized carbons (Fsp3) is 0.250. The van der Waals surface area contributed by atoms with Crippen LogP contribution in [0, 0.1) is 6.92 Å². The summed E-state index contributed by atoms with van der Waals surface area (Å²) < 4.78 is 0. The van der Waals surface area contributed by atoms with E-state index >= 15 is 0 Å². The Labute approximate surface area is 98.0 Å². The minimum absolute atomic E-state index is 1.06. The van der Waals surface area contributed by atoms with Crippen molar-refractivity contribution in [3.63, 3.8) is 0 Å². The summed E-state index contributed by atoms with van der Waals surface area (Å²) >= 11 is 0. The van der Waals surface area contributed by atoms with Crippen molar-refractivity contribution in [2.75, 3.05) is 0 Å². The Bertz CT molecular complexity index is 467. The van der Waals surface area contributed by atoms with Gasteiger partial charge in [-0.1, -0.05) is 53.6 Å². The van der Waals surface area contributed by atoms with E-state index in [4.69, 9.17) is 0 Å². The smallest absolute Gasteiger partial charge is 0.00889 e.